The third-order valence-corrected chi connectivity index (χ3v) is 4.41. The first-order valence-electron chi connectivity index (χ1n) is 7.39. The number of aromatic amines is 1. The first-order chi connectivity index (χ1) is 10.1. The van der Waals surface area contributed by atoms with Crippen LogP contribution in [0.15, 0.2) is 48.5 Å². The van der Waals surface area contributed by atoms with Crippen LogP contribution in [0.4, 0.5) is 0 Å². The van der Waals surface area contributed by atoms with E-state index in [0.29, 0.717) is 5.92 Å². The average Bonchev–Trinajstić information content (AvgIpc) is 2.80. The normalized spacial score (nSPS) is 12.7. The molecule has 0 fully saturated rings. The molecule has 1 N–H and O–H groups in total. The van der Waals surface area contributed by atoms with Crippen LogP contribution in [-0.2, 0) is 6.54 Å². The zero-order chi connectivity index (χ0) is 14.8. The van der Waals surface area contributed by atoms with Crippen LogP contribution in [0.5, 0.6) is 0 Å². The number of rotatable bonds is 4. The molecule has 3 aromatic rings. The van der Waals surface area contributed by atoms with Crippen molar-refractivity contribution in [2.24, 2.45) is 0 Å². The highest BCUT2D eigenvalue weighted by Crippen LogP contribution is 2.22. The third-order valence-electron chi connectivity index (χ3n) is 4.09. The van der Waals surface area contributed by atoms with Crippen LogP contribution < -0.4 is 0 Å². The Morgan fingerprint density at radius 1 is 1.14 bits per heavy atom. The molecule has 0 saturated carbocycles. The Bertz CT molecular complexity index is 799. The SMILES string of the molecule is Cc1ccc2[nH]c(=S)n(CCC(C)c3ccccc3)c2c1. The van der Waals surface area contributed by atoms with E-state index >= 15 is 0 Å². The summed E-state index contributed by atoms with van der Waals surface area (Å²) < 4.78 is 3.03. The number of aromatic nitrogens is 2. The highest BCUT2D eigenvalue weighted by molar-refractivity contribution is 7.71. The number of benzene rings is 2. The van der Waals surface area contributed by atoms with E-state index in [0.717, 1.165) is 23.3 Å². The second-order valence-electron chi connectivity index (χ2n) is 5.70. The van der Waals surface area contributed by atoms with Crippen LogP contribution in [0, 0.1) is 11.7 Å². The summed E-state index contributed by atoms with van der Waals surface area (Å²) in [5.74, 6) is 0.530. The molecule has 3 rings (SSSR count). The van der Waals surface area contributed by atoms with Crippen LogP contribution in [0.3, 0.4) is 0 Å². The van der Waals surface area contributed by atoms with Crippen molar-refractivity contribution >= 4 is 23.3 Å². The fourth-order valence-corrected chi connectivity index (χ4v) is 3.06. The lowest BCUT2D eigenvalue weighted by Gasteiger charge is -2.12. The Labute approximate surface area is 130 Å². The van der Waals surface area contributed by atoms with Gasteiger partial charge in [0.05, 0.1) is 11.0 Å². The highest BCUT2D eigenvalue weighted by atomic mass is 32.1. The Morgan fingerprint density at radius 2 is 1.90 bits per heavy atom. The van der Waals surface area contributed by atoms with Gasteiger partial charge >= 0.3 is 0 Å². The van der Waals surface area contributed by atoms with E-state index in [9.17, 15) is 0 Å². The van der Waals surface area contributed by atoms with E-state index in [1.165, 1.54) is 16.6 Å². The molecule has 0 aliphatic carbocycles. The number of hydrogen-bond donors (Lipinski definition) is 1. The monoisotopic (exact) mass is 296 g/mol. The molecule has 0 amide bonds. The van der Waals surface area contributed by atoms with Gasteiger partial charge in [-0.1, -0.05) is 43.3 Å². The van der Waals surface area contributed by atoms with E-state index in [1.54, 1.807) is 0 Å². The van der Waals surface area contributed by atoms with Gasteiger partial charge in [0.1, 0.15) is 0 Å². The van der Waals surface area contributed by atoms with Crippen molar-refractivity contribution in [1.29, 1.82) is 0 Å². The summed E-state index contributed by atoms with van der Waals surface area (Å²) in [5.41, 5.74) is 4.99. The predicted molar refractivity (Wildman–Crippen MR) is 91.3 cm³/mol. The minimum absolute atomic E-state index is 0.530. The van der Waals surface area contributed by atoms with Crippen LogP contribution in [0.1, 0.15) is 30.4 Å². The molecule has 1 unspecified atom stereocenters. The zero-order valence-electron chi connectivity index (χ0n) is 12.5. The van der Waals surface area contributed by atoms with Gasteiger partial charge < -0.3 is 9.55 Å². The van der Waals surface area contributed by atoms with E-state index in [2.05, 4.69) is 71.9 Å². The van der Waals surface area contributed by atoms with Crippen molar-refractivity contribution in [3.05, 3.63) is 64.4 Å². The van der Waals surface area contributed by atoms with Crippen LogP contribution in [0.2, 0.25) is 0 Å². The summed E-state index contributed by atoms with van der Waals surface area (Å²) in [4.78, 5) is 3.30. The van der Waals surface area contributed by atoms with Gasteiger partial charge in [0.15, 0.2) is 4.77 Å². The standard InChI is InChI=1S/C18H20N2S/c1-13-8-9-16-17(12-13)20(18(21)19-16)11-10-14(2)15-6-4-3-5-7-15/h3-9,12,14H,10-11H2,1-2H3,(H,19,21). The summed E-state index contributed by atoms with van der Waals surface area (Å²) in [6, 6.07) is 17.1. The number of fused-ring (bicyclic) bond motifs is 1. The second-order valence-corrected chi connectivity index (χ2v) is 6.09. The van der Waals surface area contributed by atoms with E-state index < -0.39 is 0 Å². The topological polar surface area (TPSA) is 20.7 Å². The molecule has 0 bridgehead atoms. The maximum absolute atomic E-state index is 5.47. The number of imidazole rings is 1. The lowest BCUT2D eigenvalue weighted by atomic mass is 9.98. The van der Waals surface area contributed by atoms with Crippen molar-refractivity contribution in [2.75, 3.05) is 0 Å². The predicted octanol–water partition coefficient (Wildman–Crippen LogP) is 5.20. The van der Waals surface area contributed by atoms with Crippen molar-refractivity contribution < 1.29 is 0 Å². The lowest BCUT2D eigenvalue weighted by molar-refractivity contribution is 0.581. The van der Waals surface area contributed by atoms with Crippen LogP contribution in [0.25, 0.3) is 11.0 Å². The molecule has 1 heterocycles. The summed E-state index contributed by atoms with van der Waals surface area (Å²) in [5, 5.41) is 0. The molecule has 1 aromatic heterocycles. The van der Waals surface area contributed by atoms with E-state index in [4.69, 9.17) is 12.2 Å². The van der Waals surface area contributed by atoms with Gasteiger partial charge in [-0.3, -0.25) is 0 Å². The summed E-state index contributed by atoms with van der Waals surface area (Å²) >= 11 is 5.47. The Morgan fingerprint density at radius 3 is 2.67 bits per heavy atom. The van der Waals surface area contributed by atoms with Crippen molar-refractivity contribution in [3.8, 4) is 0 Å². The summed E-state index contributed by atoms with van der Waals surface area (Å²) in [6.45, 7) is 5.34. The minimum atomic E-state index is 0.530. The van der Waals surface area contributed by atoms with Crippen LogP contribution in [-0.4, -0.2) is 9.55 Å². The molecule has 0 aliphatic heterocycles. The molecule has 1 atom stereocenters. The quantitative estimate of drug-likeness (QED) is 0.656. The number of nitrogens with zero attached hydrogens (tertiary/aromatic N) is 1. The molecular formula is C18H20N2S. The van der Waals surface area contributed by atoms with Crippen LogP contribution >= 0.6 is 12.2 Å². The van der Waals surface area contributed by atoms with E-state index in [1.807, 2.05) is 0 Å². The highest BCUT2D eigenvalue weighted by Gasteiger charge is 2.08. The molecule has 3 heteroatoms. The maximum Gasteiger partial charge on any atom is 0.178 e. The number of aryl methyl sites for hydroxylation is 2. The van der Waals surface area contributed by atoms with Crippen molar-refractivity contribution in [3.63, 3.8) is 0 Å². The number of H-pyrrole nitrogens is 1. The fraction of sp³-hybridized carbons (Fsp3) is 0.278. The molecule has 2 nitrogen and oxygen atoms in total. The number of nitrogens with one attached hydrogen (secondary N) is 1. The largest absolute Gasteiger partial charge is 0.331 e. The molecule has 108 valence electrons. The van der Waals surface area contributed by atoms with Crippen molar-refractivity contribution in [1.82, 2.24) is 9.55 Å². The van der Waals surface area contributed by atoms with Gasteiger partial charge in [0.2, 0.25) is 0 Å². The summed E-state index contributed by atoms with van der Waals surface area (Å²) in [6.07, 6.45) is 1.08. The molecule has 2 aromatic carbocycles. The lowest BCUT2D eigenvalue weighted by Crippen LogP contribution is -2.03. The first kappa shape index (κ1) is 14.1. The van der Waals surface area contributed by atoms with Gasteiger partial charge in [-0.25, -0.2) is 0 Å². The third kappa shape index (κ3) is 2.93. The molecule has 0 spiro atoms. The number of hydrogen-bond acceptors (Lipinski definition) is 1. The molecule has 0 aliphatic rings. The molecular weight excluding hydrogens is 276 g/mol. The van der Waals surface area contributed by atoms with Gasteiger partial charge in [-0.05, 0) is 54.7 Å². The van der Waals surface area contributed by atoms with Gasteiger partial charge in [0.25, 0.3) is 0 Å². The molecule has 21 heavy (non-hydrogen) atoms. The zero-order valence-corrected chi connectivity index (χ0v) is 13.3. The Kier molecular flexibility index (Phi) is 3.93. The maximum atomic E-state index is 5.47. The Hall–Kier alpha value is -1.87. The smallest absolute Gasteiger partial charge is 0.178 e. The Balaban J connectivity index is 1.84. The summed E-state index contributed by atoms with van der Waals surface area (Å²) in [7, 11) is 0. The second kappa shape index (κ2) is 5.86. The molecule has 0 saturated heterocycles. The van der Waals surface area contributed by atoms with Gasteiger partial charge in [-0.15, -0.1) is 0 Å². The van der Waals surface area contributed by atoms with Gasteiger partial charge in [0, 0.05) is 6.54 Å². The van der Waals surface area contributed by atoms with Gasteiger partial charge in [-0.2, -0.15) is 0 Å². The molecule has 0 radical (unpaired) electrons. The average molecular weight is 296 g/mol. The fourth-order valence-electron chi connectivity index (χ4n) is 2.76. The van der Waals surface area contributed by atoms with E-state index in [-0.39, 0.29) is 0 Å². The first-order valence-corrected chi connectivity index (χ1v) is 7.80. The minimum Gasteiger partial charge on any atom is -0.331 e. The van der Waals surface area contributed by atoms with Crippen molar-refractivity contribution in [2.45, 2.75) is 32.7 Å².